The monoisotopic (exact) mass is 693 g/mol. The van der Waals surface area contributed by atoms with Gasteiger partial charge in [-0.3, -0.25) is 9.69 Å². The van der Waals surface area contributed by atoms with Crippen LogP contribution in [0.2, 0.25) is 5.04 Å². The van der Waals surface area contributed by atoms with Crippen LogP contribution in [0.5, 0.6) is 11.5 Å². The van der Waals surface area contributed by atoms with Gasteiger partial charge in [0.05, 0.1) is 26.2 Å². The smallest absolute Gasteiger partial charge is 0.311 e. The van der Waals surface area contributed by atoms with Crippen LogP contribution in [0.25, 0.3) is 0 Å². The molecule has 5 rings (SSSR count). The van der Waals surface area contributed by atoms with Crippen molar-refractivity contribution in [1.82, 2.24) is 4.90 Å². The first kappa shape index (κ1) is 37.3. The summed E-state index contributed by atoms with van der Waals surface area (Å²) >= 11 is 0. The van der Waals surface area contributed by atoms with Crippen LogP contribution in [0.15, 0.2) is 109 Å². The molecule has 1 aliphatic rings. The fourth-order valence-electron chi connectivity index (χ4n) is 7.68. The lowest BCUT2D eigenvalue weighted by Gasteiger charge is -2.48. The van der Waals surface area contributed by atoms with Crippen molar-refractivity contribution in [3.8, 4) is 11.5 Å². The van der Waals surface area contributed by atoms with Gasteiger partial charge in [-0.25, -0.2) is 0 Å². The fourth-order valence-corrected chi connectivity index (χ4v) is 12.4. The molecule has 0 bridgehead atoms. The lowest BCUT2D eigenvalue weighted by molar-refractivity contribution is -0.163. The highest BCUT2D eigenvalue weighted by Gasteiger charge is 2.56. The lowest BCUT2D eigenvalue weighted by Crippen LogP contribution is -2.69. The molecule has 0 heterocycles. The van der Waals surface area contributed by atoms with Crippen molar-refractivity contribution in [2.75, 3.05) is 14.2 Å². The summed E-state index contributed by atoms with van der Waals surface area (Å²) in [5, 5.41) is 2.23. The largest absolute Gasteiger partial charge is 0.493 e. The van der Waals surface area contributed by atoms with Gasteiger partial charge in [-0.15, -0.1) is 0 Å². The van der Waals surface area contributed by atoms with E-state index >= 15 is 0 Å². The van der Waals surface area contributed by atoms with Gasteiger partial charge in [0.25, 0.3) is 8.32 Å². The topological polar surface area (TPSA) is 57.2 Å². The average Bonchev–Trinajstić information content (AvgIpc) is 3.52. The number of rotatable bonds is 12. The number of methoxy groups -OCH3 is 2. The highest BCUT2D eigenvalue weighted by atomic mass is 28.4. The lowest BCUT2D eigenvalue weighted by atomic mass is 9.95. The van der Waals surface area contributed by atoms with Crippen molar-refractivity contribution >= 4 is 24.7 Å². The Bertz CT molecular complexity index is 1640. The summed E-state index contributed by atoms with van der Waals surface area (Å²) in [4.78, 5) is 16.8. The van der Waals surface area contributed by atoms with Crippen LogP contribution < -0.4 is 19.8 Å². The minimum atomic E-state index is -2.96. The normalized spacial score (nSPS) is 18.9. The van der Waals surface area contributed by atoms with E-state index in [9.17, 15) is 4.79 Å². The molecule has 1 fully saturated rings. The Morgan fingerprint density at radius 3 is 1.80 bits per heavy atom. The average molecular weight is 694 g/mol. The van der Waals surface area contributed by atoms with Gasteiger partial charge in [0.15, 0.2) is 11.5 Å². The highest BCUT2D eigenvalue weighted by molar-refractivity contribution is 6.99. The molecule has 1 aliphatic carbocycles. The van der Waals surface area contributed by atoms with Crippen LogP contribution >= 0.6 is 0 Å². The Morgan fingerprint density at radius 2 is 1.30 bits per heavy atom. The number of hydrogen-bond donors (Lipinski definition) is 0. The molecule has 50 heavy (non-hydrogen) atoms. The first-order valence-electron chi connectivity index (χ1n) is 17.8. The summed E-state index contributed by atoms with van der Waals surface area (Å²) in [7, 11) is 0.351. The summed E-state index contributed by atoms with van der Waals surface area (Å²) in [6.07, 6.45) is 1.17. The maximum absolute atomic E-state index is 14.3. The van der Waals surface area contributed by atoms with Gasteiger partial charge in [0.1, 0.15) is 5.60 Å². The molecule has 0 amide bonds. The molecule has 4 atom stereocenters. The van der Waals surface area contributed by atoms with Crippen LogP contribution in [0.1, 0.15) is 78.5 Å². The zero-order valence-corrected chi connectivity index (χ0v) is 32.3. The van der Waals surface area contributed by atoms with E-state index in [-0.39, 0.29) is 35.1 Å². The number of ether oxygens (including phenoxy) is 3. The Kier molecular flexibility index (Phi) is 11.6. The minimum Gasteiger partial charge on any atom is -0.493 e. The molecule has 7 heteroatoms. The van der Waals surface area contributed by atoms with Crippen molar-refractivity contribution in [2.24, 2.45) is 5.92 Å². The van der Waals surface area contributed by atoms with Crippen molar-refractivity contribution in [1.29, 1.82) is 0 Å². The van der Waals surface area contributed by atoms with Crippen molar-refractivity contribution < 1.29 is 23.4 Å². The Morgan fingerprint density at radius 1 is 0.760 bits per heavy atom. The third kappa shape index (κ3) is 8.01. The van der Waals surface area contributed by atoms with E-state index in [1.54, 1.807) is 14.2 Å². The van der Waals surface area contributed by atoms with Crippen LogP contribution in [0, 0.1) is 5.92 Å². The molecule has 1 saturated carbocycles. The number of nitrogens with zero attached hydrogens (tertiary/aromatic N) is 1. The third-order valence-electron chi connectivity index (χ3n) is 9.99. The molecule has 4 aromatic rings. The Hall–Kier alpha value is -3.91. The molecular formula is C43H55NO5Si. The number of esters is 1. The quantitative estimate of drug-likeness (QED) is 0.110. The van der Waals surface area contributed by atoms with E-state index in [2.05, 4.69) is 124 Å². The van der Waals surface area contributed by atoms with E-state index in [0.29, 0.717) is 24.5 Å². The molecule has 0 aliphatic heterocycles. The maximum Gasteiger partial charge on any atom is 0.311 e. The zero-order chi connectivity index (χ0) is 36.1. The predicted octanol–water partition coefficient (Wildman–Crippen LogP) is 8.33. The highest BCUT2D eigenvalue weighted by Crippen LogP contribution is 2.44. The molecule has 0 aromatic heterocycles. The number of carbonyl (C=O) groups excluding carboxylic acids is 1. The third-order valence-corrected chi connectivity index (χ3v) is 15.0. The zero-order valence-electron chi connectivity index (χ0n) is 31.3. The molecule has 6 nitrogen and oxygen atoms in total. The number of hydrogen-bond acceptors (Lipinski definition) is 6. The van der Waals surface area contributed by atoms with Crippen LogP contribution in [-0.4, -0.2) is 51.2 Å². The predicted molar refractivity (Wildman–Crippen MR) is 205 cm³/mol. The summed E-state index contributed by atoms with van der Waals surface area (Å²) < 4.78 is 25.4. The second-order valence-electron chi connectivity index (χ2n) is 15.5. The van der Waals surface area contributed by atoms with Gasteiger partial charge in [-0.05, 0) is 79.2 Å². The van der Waals surface area contributed by atoms with Gasteiger partial charge >= 0.3 is 5.97 Å². The maximum atomic E-state index is 14.3. The second kappa shape index (κ2) is 15.5. The van der Waals surface area contributed by atoms with Gasteiger partial charge in [-0.1, -0.05) is 118 Å². The van der Waals surface area contributed by atoms with Gasteiger partial charge in [-0.2, -0.15) is 0 Å². The molecule has 4 aromatic carbocycles. The molecule has 0 spiro atoms. The van der Waals surface area contributed by atoms with Crippen LogP contribution in [0.4, 0.5) is 0 Å². The van der Waals surface area contributed by atoms with Crippen molar-refractivity contribution in [3.05, 3.63) is 120 Å². The first-order valence-corrected chi connectivity index (χ1v) is 19.7. The Labute approximate surface area is 300 Å². The second-order valence-corrected chi connectivity index (χ2v) is 19.7. The van der Waals surface area contributed by atoms with Gasteiger partial charge < -0.3 is 18.6 Å². The summed E-state index contributed by atoms with van der Waals surface area (Å²) in [6.45, 7) is 15.6. The molecular weight excluding hydrogens is 639 g/mol. The van der Waals surface area contributed by atoms with E-state index in [1.807, 2.05) is 39.0 Å². The van der Waals surface area contributed by atoms with Gasteiger partial charge in [0, 0.05) is 18.6 Å². The summed E-state index contributed by atoms with van der Waals surface area (Å²) in [6, 6.07) is 37.8. The molecule has 0 radical (unpaired) electrons. The van der Waals surface area contributed by atoms with Crippen molar-refractivity contribution in [2.45, 2.75) is 96.7 Å². The number of carbonyl (C=O) groups is 1. The fraction of sp³-hybridized carbons (Fsp3) is 0.419. The molecule has 266 valence electrons. The minimum absolute atomic E-state index is 0.0393. The van der Waals surface area contributed by atoms with E-state index < -0.39 is 13.9 Å². The molecule has 0 N–H and O–H groups in total. The summed E-state index contributed by atoms with van der Waals surface area (Å²) in [5.74, 6) is 0.796. The van der Waals surface area contributed by atoms with Gasteiger partial charge in [0.2, 0.25) is 0 Å². The SMILES string of the molecule is COc1ccc(CN([C@H]2[C@H](O[Si](c3ccccc3)(c3ccccc3)C(C)(C)C)CC[C@H]2C(=O)OC(C)(C)C)[C@@H](C)c2ccccc2)cc1OC. The number of benzene rings is 4. The van der Waals surface area contributed by atoms with E-state index in [0.717, 1.165) is 12.0 Å². The first-order chi connectivity index (χ1) is 23.8. The van der Waals surface area contributed by atoms with Crippen LogP contribution in [0.3, 0.4) is 0 Å². The van der Waals surface area contributed by atoms with E-state index in [1.165, 1.54) is 15.9 Å². The van der Waals surface area contributed by atoms with E-state index in [4.69, 9.17) is 18.6 Å². The van der Waals surface area contributed by atoms with Crippen LogP contribution in [-0.2, 0) is 20.5 Å². The molecule has 0 unspecified atom stereocenters. The summed E-state index contributed by atoms with van der Waals surface area (Å²) in [5.41, 5.74) is 1.62. The standard InChI is InChI=1S/C43H55NO5Si/c1-31(33-19-13-10-14-20-33)44(30-32-25-27-37(46-8)39(29-32)47-9)40-36(41(45)48-42(2,3)4)26-28-38(40)49-50(43(5,6)7,34-21-15-11-16-22-34)35-23-17-12-18-24-35/h10-25,27,29,31,36,38,40H,26,28,30H2,1-9H3/t31-,36+,38+,40+/m0/s1. The Balaban J connectivity index is 1.70. The van der Waals surface area contributed by atoms with Crippen molar-refractivity contribution in [3.63, 3.8) is 0 Å². The molecule has 0 saturated heterocycles.